The Morgan fingerprint density at radius 2 is 2.00 bits per heavy atom. The maximum absolute atomic E-state index is 11.8. The molecule has 2 rings (SSSR count). The second-order valence-corrected chi connectivity index (χ2v) is 5.12. The molecule has 0 unspecified atom stereocenters. The number of aromatic amines is 1. The number of nitrogens with zero attached hydrogens (tertiary/aromatic N) is 1. The first-order valence-corrected chi connectivity index (χ1v) is 7.02. The summed E-state index contributed by atoms with van der Waals surface area (Å²) in [6.07, 6.45) is 2.06. The molecule has 0 bridgehead atoms. The van der Waals surface area contributed by atoms with E-state index in [2.05, 4.69) is 15.5 Å². The van der Waals surface area contributed by atoms with Gasteiger partial charge in [-0.25, -0.2) is 0 Å². The Labute approximate surface area is 124 Å². The number of para-hydroxylation sites is 1. The maximum atomic E-state index is 11.8. The van der Waals surface area contributed by atoms with Crippen molar-refractivity contribution in [2.24, 2.45) is 0 Å². The molecule has 0 aliphatic carbocycles. The van der Waals surface area contributed by atoms with Crippen molar-refractivity contribution >= 4 is 5.91 Å². The fourth-order valence-corrected chi connectivity index (χ4v) is 2.11. The number of hydrogen-bond donors (Lipinski definition) is 2. The molecule has 1 aromatic carbocycles. The van der Waals surface area contributed by atoms with Crippen molar-refractivity contribution in [3.8, 4) is 5.75 Å². The van der Waals surface area contributed by atoms with Crippen LogP contribution in [0.2, 0.25) is 0 Å². The van der Waals surface area contributed by atoms with Gasteiger partial charge in [-0.05, 0) is 31.9 Å². The largest absolute Gasteiger partial charge is 0.493 e. The molecule has 2 N–H and O–H groups in total. The molecule has 5 heteroatoms. The van der Waals surface area contributed by atoms with Crippen LogP contribution in [0, 0.1) is 20.8 Å². The van der Waals surface area contributed by atoms with E-state index in [0.29, 0.717) is 19.6 Å². The number of ether oxygens (including phenoxy) is 1. The first kappa shape index (κ1) is 15.1. The van der Waals surface area contributed by atoms with Gasteiger partial charge >= 0.3 is 0 Å². The van der Waals surface area contributed by atoms with Gasteiger partial charge in [0.25, 0.3) is 0 Å². The van der Waals surface area contributed by atoms with Crippen LogP contribution in [0.4, 0.5) is 0 Å². The number of rotatable bonds is 6. The van der Waals surface area contributed by atoms with Crippen molar-refractivity contribution < 1.29 is 9.53 Å². The Hall–Kier alpha value is -2.30. The molecular weight excluding hydrogens is 266 g/mol. The highest BCUT2D eigenvalue weighted by Crippen LogP contribution is 2.22. The molecular formula is C16H21N3O2. The van der Waals surface area contributed by atoms with Crippen LogP contribution in [0.1, 0.15) is 28.8 Å². The highest BCUT2D eigenvalue weighted by Gasteiger charge is 2.07. The molecule has 112 valence electrons. The maximum Gasteiger partial charge on any atom is 0.223 e. The fraction of sp³-hybridized carbons (Fsp3) is 0.375. The summed E-state index contributed by atoms with van der Waals surface area (Å²) < 4.78 is 5.72. The molecule has 1 amide bonds. The lowest BCUT2D eigenvalue weighted by molar-refractivity contribution is -0.121. The Morgan fingerprint density at radius 1 is 1.29 bits per heavy atom. The van der Waals surface area contributed by atoms with Gasteiger partial charge in [-0.2, -0.15) is 5.10 Å². The zero-order chi connectivity index (χ0) is 15.2. The van der Waals surface area contributed by atoms with Gasteiger partial charge in [-0.15, -0.1) is 0 Å². The lowest BCUT2D eigenvalue weighted by Gasteiger charge is -2.11. The van der Waals surface area contributed by atoms with E-state index < -0.39 is 0 Å². The third-order valence-corrected chi connectivity index (χ3v) is 3.39. The quantitative estimate of drug-likeness (QED) is 0.857. The first-order valence-electron chi connectivity index (χ1n) is 7.02. The van der Waals surface area contributed by atoms with Crippen LogP contribution in [0.3, 0.4) is 0 Å². The average molecular weight is 287 g/mol. The Kier molecular flexibility index (Phi) is 4.98. The zero-order valence-corrected chi connectivity index (χ0v) is 12.7. The van der Waals surface area contributed by atoms with E-state index in [9.17, 15) is 4.79 Å². The lowest BCUT2D eigenvalue weighted by Crippen LogP contribution is -2.24. The summed E-state index contributed by atoms with van der Waals surface area (Å²) >= 11 is 0. The Bertz CT molecular complexity index is 599. The normalized spacial score (nSPS) is 10.4. The molecule has 0 saturated carbocycles. The number of benzene rings is 1. The van der Waals surface area contributed by atoms with Crippen LogP contribution < -0.4 is 10.1 Å². The number of aromatic nitrogens is 2. The van der Waals surface area contributed by atoms with E-state index in [4.69, 9.17) is 4.74 Å². The van der Waals surface area contributed by atoms with Gasteiger partial charge < -0.3 is 10.1 Å². The number of amides is 1. The zero-order valence-electron chi connectivity index (χ0n) is 12.7. The molecule has 0 atom stereocenters. The van der Waals surface area contributed by atoms with E-state index in [1.165, 1.54) is 0 Å². The monoisotopic (exact) mass is 287 g/mol. The Balaban J connectivity index is 1.76. The standard InChI is InChI=1S/C16H21N3O2/c1-11-5-4-6-12(2)16(11)21-8-7-15(20)17-9-14-10-18-19-13(14)3/h4-6,10H,7-9H2,1-3H3,(H,17,20)(H,18,19). The molecule has 0 aliphatic heterocycles. The van der Waals surface area contributed by atoms with E-state index in [1.807, 2.05) is 39.0 Å². The van der Waals surface area contributed by atoms with Crippen LogP contribution in [0.25, 0.3) is 0 Å². The van der Waals surface area contributed by atoms with Crippen molar-refractivity contribution in [3.63, 3.8) is 0 Å². The average Bonchev–Trinajstić information content (AvgIpc) is 2.85. The smallest absolute Gasteiger partial charge is 0.223 e. The van der Waals surface area contributed by atoms with Gasteiger partial charge in [0.05, 0.1) is 19.2 Å². The first-order chi connectivity index (χ1) is 10.1. The highest BCUT2D eigenvalue weighted by molar-refractivity contribution is 5.76. The van der Waals surface area contributed by atoms with Crippen LogP contribution in [0.5, 0.6) is 5.75 Å². The van der Waals surface area contributed by atoms with Crippen molar-refractivity contribution in [2.75, 3.05) is 6.61 Å². The molecule has 0 spiro atoms. The molecule has 1 aromatic heterocycles. The molecule has 0 saturated heterocycles. The molecule has 5 nitrogen and oxygen atoms in total. The number of hydrogen-bond acceptors (Lipinski definition) is 3. The minimum Gasteiger partial charge on any atom is -0.493 e. The summed E-state index contributed by atoms with van der Waals surface area (Å²) in [4.78, 5) is 11.8. The number of nitrogens with one attached hydrogen (secondary N) is 2. The topological polar surface area (TPSA) is 67.0 Å². The van der Waals surface area contributed by atoms with Gasteiger partial charge in [0.1, 0.15) is 5.75 Å². The van der Waals surface area contributed by atoms with Gasteiger partial charge in [0.15, 0.2) is 0 Å². The van der Waals surface area contributed by atoms with Crippen LogP contribution >= 0.6 is 0 Å². The molecule has 0 radical (unpaired) electrons. The van der Waals surface area contributed by atoms with Crippen molar-refractivity contribution in [3.05, 3.63) is 46.8 Å². The number of carbonyl (C=O) groups is 1. The van der Waals surface area contributed by atoms with E-state index >= 15 is 0 Å². The summed E-state index contributed by atoms with van der Waals surface area (Å²) in [5.74, 6) is 0.845. The molecule has 0 aliphatic rings. The number of carbonyl (C=O) groups excluding carboxylic acids is 1. The van der Waals surface area contributed by atoms with Crippen LogP contribution in [-0.4, -0.2) is 22.7 Å². The number of H-pyrrole nitrogens is 1. The molecule has 1 heterocycles. The summed E-state index contributed by atoms with van der Waals surface area (Å²) in [5.41, 5.74) is 4.15. The fourth-order valence-electron chi connectivity index (χ4n) is 2.11. The third kappa shape index (κ3) is 4.08. The van der Waals surface area contributed by atoms with Gasteiger partial charge in [-0.3, -0.25) is 9.89 Å². The van der Waals surface area contributed by atoms with Gasteiger partial charge in [0.2, 0.25) is 5.91 Å². The van der Waals surface area contributed by atoms with Gasteiger partial charge in [-0.1, -0.05) is 18.2 Å². The van der Waals surface area contributed by atoms with Crippen molar-refractivity contribution in [1.29, 1.82) is 0 Å². The van der Waals surface area contributed by atoms with E-state index in [1.54, 1.807) is 6.20 Å². The minimum atomic E-state index is -0.0261. The summed E-state index contributed by atoms with van der Waals surface area (Å²) in [6, 6.07) is 6.01. The predicted molar refractivity (Wildman–Crippen MR) is 81.2 cm³/mol. The second kappa shape index (κ2) is 6.92. The van der Waals surface area contributed by atoms with E-state index in [-0.39, 0.29) is 5.91 Å². The number of aryl methyl sites for hydroxylation is 3. The summed E-state index contributed by atoms with van der Waals surface area (Å²) in [7, 11) is 0. The van der Waals surface area contributed by atoms with E-state index in [0.717, 1.165) is 28.1 Å². The molecule has 21 heavy (non-hydrogen) atoms. The third-order valence-electron chi connectivity index (χ3n) is 3.39. The Morgan fingerprint density at radius 3 is 2.62 bits per heavy atom. The van der Waals surface area contributed by atoms with Crippen LogP contribution in [0.15, 0.2) is 24.4 Å². The SMILES string of the molecule is Cc1cccc(C)c1OCCC(=O)NCc1cn[nH]c1C. The summed E-state index contributed by atoms with van der Waals surface area (Å²) in [5, 5.41) is 9.63. The molecule has 0 fully saturated rings. The molecule has 2 aromatic rings. The second-order valence-electron chi connectivity index (χ2n) is 5.12. The van der Waals surface area contributed by atoms with Crippen molar-refractivity contribution in [1.82, 2.24) is 15.5 Å². The minimum absolute atomic E-state index is 0.0261. The summed E-state index contributed by atoms with van der Waals surface area (Å²) in [6.45, 7) is 6.80. The predicted octanol–water partition coefficient (Wildman–Crippen LogP) is 2.42. The van der Waals surface area contributed by atoms with Crippen LogP contribution in [-0.2, 0) is 11.3 Å². The van der Waals surface area contributed by atoms with Gasteiger partial charge in [0, 0.05) is 17.8 Å². The lowest BCUT2D eigenvalue weighted by atomic mass is 10.1. The van der Waals surface area contributed by atoms with Crippen molar-refractivity contribution in [2.45, 2.75) is 33.7 Å². The highest BCUT2D eigenvalue weighted by atomic mass is 16.5.